The third-order valence-corrected chi connectivity index (χ3v) is 6.14. The lowest BCUT2D eigenvalue weighted by molar-refractivity contribution is -0.122. The van der Waals surface area contributed by atoms with Crippen molar-refractivity contribution in [3.63, 3.8) is 0 Å². The highest BCUT2D eigenvalue weighted by atomic mass is 32.1. The molecule has 1 aliphatic rings. The first kappa shape index (κ1) is 17.2. The number of hydrogen-bond donors (Lipinski definition) is 2. The van der Waals surface area contributed by atoms with Gasteiger partial charge in [-0.1, -0.05) is 0 Å². The monoisotopic (exact) mass is 372 g/mol. The van der Waals surface area contributed by atoms with Gasteiger partial charge in [-0.05, 0) is 39.3 Å². The number of aryl methyl sites for hydroxylation is 2. The number of piperidine rings is 1. The predicted octanol–water partition coefficient (Wildman–Crippen LogP) is 1.99. The highest BCUT2D eigenvalue weighted by Gasteiger charge is 2.20. The fourth-order valence-corrected chi connectivity index (χ4v) is 4.47. The Balaban J connectivity index is 1.37. The molecule has 1 unspecified atom stereocenters. The lowest BCUT2D eigenvalue weighted by atomic mass is 9.96. The Morgan fingerprint density at radius 3 is 3.12 bits per heavy atom. The number of hydrogen-bond acceptors (Lipinski definition) is 5. The van der Waals surface area contributed by atoms with Crippen molar-refractivity contribution in [2.24, 2.45) is 0 Å². The Kier molecular flexibility index (Phi) is 4.78. The highest BCUT2D eigenvalue weighted by Crippen LogP contribution is 2.23. The van der Waals surface area contributed by atoms with Gasteiger partial charge in [0.1, 0.15) is 6.54 Å². The fraction of sp³-hybridized carbons (Fsp3) is 0.500. The maximum absolute atomic E-state index is 12.4. The third-order valence-electron chi connectivity index (χ3n) is 5.06. The third kappa shape index (κ3) is 3.39. The van der Waals surface area contributed by atoms with Gasteiger partial charge in [0.05, 0.1) is 12.2 Å². The summed E-state index contributed by atoms with van der Waals surface area (Å²) in [4.78, 5) is 19.2. The number of nitrogens with zero attached hydrogens (tertiary/aromatic N) is 4. The number of carbonyl (C=O) groups is 1. The number of rotatable bonds is 5. The molecule has 4 rings (SSSR count). The molecule has 7 nitrogen and oxygen atoms in total. The van der Waals surface area contributed by atoms with Crippen LogP contribution in [0.5, 0.6) is 0 Å². The molecular weight excluding hydrogens is 348 g/mol. The molecule has 0 bridgehead atoms. The molecule has 1 atom stereocenters. The topological polar surface area (TPSA) is 76.2 Å². The minimum absolute atomic E-state index is 0.0389. The number of fused-ring (bicyclic) bond motifs is 1. The molecule has 1 saturated heterocycles. The molecule has 138 valence electrons. The number of carbonyl (C=O) groups excluding carboxylic acids is 1. The van der Waals surface area contributed by atoms with Crippen LogP contribution in [0.1, 0.15) is 40.7 Å². The van der Waals surface area contributed by atoms with Crippen LogP contribution in [0.4, 0.5) is 0 Å². The van der Waals surface area contributed by atoms with Crippen LogP contribution < -0.4 is 10.6 Å². The maximum Gasteiger partial charge on any atom is 0.242 e. The van der Waals surface area contributed by atoms with Crippen LogP contribution in [0, 0.1) is 13.8 Å². The van der Waals surface area contributed by atoms with Gasteiger partial charge in [0, 0.05) is 41.1 Å². The first-order valence-electron chi connectivity index (χ1n) is 9.05. The van der Waals surface area contributed by atoms with E-state index < -0.39 is 0 Å². The van der Waals surface area contributed by atoms with Gasteiger partial charge in [-0.15, -0.1) is 11.3 Å². The van der Waals surface area contributed by atoms with E-state index in [2.05, 4.69) is 39.0 Å². The molecule has 1 aliphatic heterocycles. The van der Waals surface area contributed by atoms with E-state index in [0.29, 0.717) is 12.5 Å². The van der Waals surface area contributed by atoms with Crippen molar-refractivity contribution >= 4 is 22.2 Å². The van der Waals surface area contributed by atoms with E-state index in [1.807, 2.05) is 16.9 Å². The lowest BCUT2D eigenvalue weighted by Gasteiger charge is -2.23. The summed E-state index contributed by atoms with van der Waals surface area (Å²) in [7, 11) is 0. The van der Waals surface area contributed by atoms with E-state index >= 15 is 0 Å². The van der Waals surface area contributed by atoms with Crippen molar-refractivity contribution in [2.75, 3.05) is 13.1 Å². The minimum atomic E-state index is -0.0389. The van der Waals surface area contributed by atoms with Gasteiger partial charge >= 0.3 is 0 Å². The van der Waals surface area contributed by atoms with E-state index in [9.17, 15) is 4.79 Å². The highest BCUT2D eigenvalue weighted by molar-refractivity contribution is 7.17. The quantitative estimate of drug-likeness (QED) is 0.718. The SMILES string of the molecule is Cc1sc2nc(CNC(=O)Cn3nccc3C3CCCNC3)cn2c1C. The molecule has 1 amide bonds. The molecule has 3 aromatic heterocycles. The Morgan fingerprint density at radius 2 is 2.35 bits per heavy atom. The van der Waals surface area contributed by atoms with Gasteiger partial charge in [0.25, 0.3) is 0 Å². The first-order valence-corrected chi connectivity index (χ1v) is 9.86. The van der Waals surface area contributed by atoms with Crippen LogP contribution >= 0.6 is 11.3 Å². The van der Waals surface area contributed by atoms with Gasteiger partial charge < -0.3 is 10.6 Å². The standard InChI is InChI=1S/C18H24N6OS/c1-12-13(2)26-18-22-15(10-23(12)18)9-20-17(25)11-24-16(5-7-21-24)14-4-3-6-19-8-14/h5,7,10,14,19H,3-4,6,8-9,11H2,1-2H3,(H,20,25). The summed E-state index contributed by atoms with van der Waals surface area (Å²) in [5, 5.41) is 10.7. The normalized spacial score (nSPS) is 17.7. The zero-order chi connectivity index (χ0) is 18.1. The molecule has 1 fully saturated rings. The maximum atomic E-state index is 12.4. The Labute approximate surface area is 156 Å². The summed E-state index contributed by atoms with van der Waals surface area (Å²) < 4.78 is 3.91. The van der Waals surface area contributed by atoms with E-state index in [1.54, 1.807) is 17.5 Å². The molecule has 0 radical (unpaired) electrons. The van der Waals surface area contributed by atoms with Crippen molar-refractivity contribution in [2.45, 2.75) is 45.7 Å². The molecule has 0 spiro atoms. The fourth-order valence-electron chi connectivity index (χ4n) is 3.49. The van der Waals surface area contributed by atoms with Crippen LogP contribution in [0.15, 0.2) is 18.5 Å². The van der Waals surface area contributed by atoms with Gasteiger partial charge in [0.2, 0.25) is 5.91 Å². The average Bonchev–Trinajstić information content (AvgIpc) is 3.32. The predicted molar refractivity (Wildman–Crippen MR) is 101 cm³/mol. The van der Waals surface area contributed by atoms with Crippen LogP contribution in [-0.2, 0) is 17.9 Å². The summed E-state index contributed by atoms with van der Waals surface area (Å²) in [6, 6.07) is 2.03. The van der Waals surface area contributed by atoms with Crippen LogP contribution in [0.2, 0.25) is 0 Å². The van der Waals surface area contributed by atoms with Crippen molar-refractivity contribution in [3.8, 4) is 0 Å². The smallest absolute Gasteiger partial charge is 0.242 e. The molecular formula is C18H24N6OS. The van der Waals surface area contributed by atoms with Crippen LogP contribution in [0.3, 0.4) is 0 Å². The molecule has 0 saturated carbocycles. The summed E-state index contributed by atoms with van der Waals surface area (Å²) in [5.74, 6) is 0.396. The van der Waals surface area contributed by atoms with Crippen LogP contribution in [0.25, 0.3) is 4.96 Å². The van der Waals surface area contributed by atoms with E-state index in [0.717, 1.165) is 35.9 Å². The molecule has 0 aliphatic carbocycles. The molecule has 4 heterocycles. The number of imidazole rings is 1. The van der Waals surface area contributed by atoms with Gasteiger partial charge in [-0.2, -0.15) is 5.10 Å². The number of nitrogens with one attached hydrogen (secondary N) is 2. The van der Waals surface area contributed by atoms with Crippen molar-refractivity contribution in [1.29, 1.82) is 0 Å². The lowest BCUT2D eigenvalue weighted by Crippen LogP contribution is -2.32. The van der Waals surface area contributed by atoms with Crippen molar-refractivity contribution in [1.82, 2.24) is 29.8 Å². The second kappa shape index (κ2) is 7.20. The van der Waals surface area contributed by atoms with Crippen molar-refractivity contribution < 1.29 is 4.79 Å². The van der Waals surface area contributed by atoms with E-state index in [1.165, 1.54) is 17.0 Å². The summed E-state index contributed by atoms with van der Waals surface area (Å²) in [6.07, 6.45) is 6.09. The van der Waals surface area contributed by atoms with Gasteiger partial charge in [-0.25, -0.2) is 4.98 Å². The largest absolute Gasteiger partial charge is 0.349 e. The molecule has 8 heteroatoms. The second-order valence-electron chi connectivity index (χ2n) is 6.86. The summed E-state index contributed by atoms with van der Waals surface area (Å²) in [5.41, 5.74) is 3.23. The van der Waals surface area contributed by atoms with E-state index in [4.69, 9.17) is 0 Å². The minimum Gasteiger partial charge on any atom is -0.349 e. The molecule has 2 N–H and O–H groups in total. The van der Waals surface area contributed by atoms with Crippen LogP contribution in [-0.4, -0.2) is 38.2 Å². The summed E-state index contributed by atoms with van der Waals surface area (Å²) >= 11 is 1.67. The zero-order valence-electron chi connectivity index (χ0n) is 15.2. The van der Waals surface area contributed by atoms with Gasteiger partial charge in [0.15, 0.2) is 4.96 Å². The summed E-state index contributed by atoms with van der Waals surface area (Å²) in [6.45, 7) is 6.90. The Bertz CT molecular complexity index is 918. The Hall–Kier alpha value is -2.19. The Morgan fingerprint density at radius 1 is 1.46 bits per heavy atom. The number of amides is 1. The van der Waals surface area contributed by atoms with Crippen molar-refractivity contribution in [3.05, 3.63) is 40.4 Å². The van der Waals surface area contributed by atoms with E-state index in [-0.39, 0.29) is 12.5 Å². The average molecular weight is 372 g/mol. The first-order chi connectivity index (χ1) is 12.6. The zero-order valence-corrected chi connectivity index (χ0v) is 16.0. The number of aromatic nitrogens is 4. The second-order valence-corrected chi connectivity index (χ2v) is 8.04. The number of thiazole rings is 1. The van der Waals surface area contributed by atoms with Gasteiger partial charge in [-0.3, -0.25) is 13.9 Å². The molecule has 0 aromatic carbocycles. The molecule has 26 heavy (non-hydrogen) atoms. The molecule has 3 aromatic rings.